The predicted octanol–water partition coefficient (Wildman–Crippen LogP) is 1.59. The summed E-state index contributed by atoms with van der Waals surface area (Å²) in [7, 11) is 0. The lowest BCUT2D eigenvalue weighted by atomic mass is 10.0. The second kappa shape index (κ2) is 7.26. The third kappa shape index (κ3) is 3.63. The monoisotopic (exact) mass is 287 g/mol. The Hall–Kier alpha value is -1.83. The fraction of sp³-hybridized carbons (Fsp3) is 0.471. The Morgan fingerprint density at radius 1 is 1.52 bits per heavy atom. The van der Waals surface area contributed by atoms with Crippen molar-refractivity contribution >= 4 is 5.91 Å². The van der Waals surface area contributed by atoms with Crippen molar-refractivity contribution in [2.75, 3.05) is 26.4 Å². The van der Waals surface area contributed by atoms with E-state index in [-0.39, 0.29) is 18.6 Å². The highest BCUT2D eigenvalue weighted by atomic mass is 16.5. The molecule has 0 aliphatic carbocycles. The first-order valence-electron chi connectivity index (χ1n) is 7.26. The van der Waals surface area contributed by atoms with Crippen molar-refractivity contribution in [2.45, 2.75) is 26.3 Å². The smallest absolute Gasteiger partial charge is 0.255 e. The van der Waals surface area contributed by atoms with Crippen LogP contribution in [0.1, 0.15) is 34.8 Å². The quantitative estimate of drug-likeness (QED) is 0.840. The number of morpholine rings is 1. The van der Waals surface area contributed by atoms with E-state index in [1.165, 1.54) is 0 Å². The molecule has 0 aromatic heterocycles. The number of hydrogen-bond donors (Lipinski definition) is 1. The summed E-state index contributed by atoms with van der Waals surface area (Å²) < 4.78 is 5.45. The van der Waals surface area contributed by atoms with Gasteiger partial charge in [0, 0.05) is 12.1 Å². The van der Waals surface area contributed by atoms with Crippen LogP contribution in [-0.4, -0.2) is 48.3 Å². The molecule has 1 unspecified atom stereocenters. The van der Waals surface area contributed by atoms with Gasteiger partial charge in [-0.15, -0.1) is 0 Å². The van der Waals surface area contributed by atoms with Crippen LogP contribution in [0.15, 0.2) is 18.2 Å². The van der Waals surface area contributed by atoms with E-state index in [0.29, 0.717) is 30.9 Å². The van der Waals surface area contributed by atoms with Gasteiger partial charge in [0.05, 0.1) is 24.8 Å². The van der Waals surface area contributed by atoms with Crippen LogP contribution in [0.25, 0.3) is 0 Å². The molecule has 1 heterocycles. The summed E-state index contributed by atoms with van der Waals surface area (Å²) in [6.45, 7) is 5.57. The maximum absolute atomic E-state index is 12.8. The standard InChI is InChI=1S/C17H21NO3/c1-3-15-12-21-10-8-18(15)17(20)16-11-13(2)6-7-14(16)5-4-9-19/h6-7,11,15,19H,3,8-10,12H2,1-2H3. The van der Waals surface area contributed by atoms with Crippen molar-refractivity contribution < 1.29 is 14.6 Å². The third-order valence-electron chi connectivity index (χ3n) is 3.67. The Morgan fingerprint density at radius 3 is 3.05 bits per heavy atom. The minimum Gasteiger partial charge on any atom is -0.384 e. The number of benzene rings is 1. The van der Waals surface area contributed by atoms with Crippen LogP contribution >= 0.6 is 0 Å². The molecule has 1 saturated heterocycles. The van der Waals surface area contributed by atoms with Crippen molar-refractivity contribution in [1.82, 2.24) is 4.90 Å². The van der Waals surface area contributed by atoms with Gasteiger partial charge in [0.25, 0.3) is 5.91 Å². The number of rotatable bonds is 2. The van der Waals surface area contributed by atoms with Crippen LogP contribution in [0.2, 0.25) is 0 Å². The van der Waals surface area contributed by atoms with Gasteiger partial charge in [-0.2, -0.15) is 0 Å². The molecular weight excluding hydrogens is 266 g/mol. The Morgan fingerprint density at radius 2 is 2.33 bits per heavy atom. The molecule has 1 atom stereocenters. The van der Waals surface area contributed by atoms with E-state index in [1.54, 1.807) is 0 Å². The number of amides is 1. The second-order valence-electron chi connectivity index (χ2n) is 5.14. The number of aliphatic hydroxyl groups excluding tert-OH is 1. The maximum atomic E-state index is 12.8. The van der Waals surface area contributed by atoms with E-state index >= 15 is 0 Å². The first-order chi connectivity index (χ1) is 10.2. The van der Waals surface area contributed by atoms with Crippen molar-refractivity contribution in [2.24, 2.45) is 0 Å². The second-order valence-corrected chi connectivity index (χ2v) is 5.14. The number of carbonyl (C=O) groups excluding carboxylic acids is 1. The predicted molar refractivity (Wildman–Crippen MR) is 81.1 cm³/mol. The molecule has 1 fully saturated rings. The van der Waals surface area contributed by atoms with Crippen molar-refractivity contribution in [3.8, 4) is 11.8 Å². The van der Waals surface area contributed by atoms with Crippen LogP contribution in [-0.2, 0) is 4.74 Å². The molecule has 4 heteroatoms. The molecule has 0 radical (unpaired) electrons. The van der Waals surface area contributed by atoms with Crippen LogP contribution in [0.3, 0.4) is 0 Å². The molecular formula is C17H21NO3. The Balaban J connectivity index is 2.35. The summed E-state index contributed by atoms with van der Waals surface area (Å²) in [6, 6.07) is 5.75. The largest absolute Gasteiger partial charge is 0.384 e. The Kier molecular flexibility index (Phi) is 5.38. The van der Waals surface area contributed by atoms with Gasteiger partial charge < -0.3 is 14.7 Å². The van der Waals surface area contributed by atoms with Crippen molar-refractivity contribution in [1.29, 1.82) is 0 Å². The number of ether oxygens (including phenoxy) is 1. The maximum Gasteiger partial charge on any atom is 0.255 e. The van der Waals surface area contributed by atoms with Gasteiger partial charge in [-0.1, -0.05) is 30.4 Å². The summed E-state index contributed by atoms with van der Waals surface area (Å²) in [6.07, 6.45) is 0.870. The molecule has 112 valence electrons. The molecule has 1 amide bonds. The third-order valence-corrected chi connectivity index (χ3v) is 3.67. The SMILES string of the molecule is CCC1COCCN1C(=O)c1cc(C)ccc1C#CCO. The summed E-state index contributed by atoms with van der Waals surface area (Å²) in [5.41, 5.74) is 2.30. The van der Waals surface area contributed by atoms with Crippen molar-refractivity contribution in [3.63, 3.8) is 0 Å². The molecule has 1 aliphatic rings. The Labute approximate surface area is 125 Å². The highest BCUT2D eigenvalue weighted by Gasteiger charge is 2.27. The van der Waals surface area contributed by atoms with Crippen LogP contribution in [0.4, 0.5) is 0 Å². The zero-order chi connectivity index (χ0) is 15.2. The van der Waals surface area contributed by atoms with E-state index in [2.05, 4.69) is 18.8 Å². The van der Waals surface area contributed by atoms with Crippen LogP contribution in [0.5, 0.6) is 0 Å². The first-order valence-corrected chi connectivity index (χ1v) is 7.26. The highest BCUT2D eigenvalue weighted by Crippen LogP contribution is 2.18. The van der Waals surface area contributed by atoms with Gasteiger partial charge in [-0.3, -0.25) is 4.79 Å². The van der Waals surface area contributed by atoms with Crippen LogP contribution < -0.4 is 0 Å². The summed E-state index contributed by atoms with van der Waals surface area (Å²) in [4.78, 5) is 14.7. The molecule has 21 heavy (non-hydrogen) atoms. The fourth-order valence-corrected chi connectivity index (χ4v) is 2.49. The average Bonchev–Trinajstić information content (AvgIpc) is 2.53. The molecule has 0 spiro atoms. The molecule has 1 N–H and O–H groups in total. The zero-order valence-corrected chi connectivity index (χ0v) is 12.6. The number of hydrogen-bond acceptors (Lipinski definition) is 3. The number of aliphatic hydroxyl groups is 1. The van der Waals surface area contributed by atoms with Gasteiger partial charge in [-0.25, -0.2) is 0 Å². The molecule has 1 aliphatic heterocycles. The lowest BCUT2D eigenvalue weighted by Crippen LogP contribution is -2.48. The molecule has 0 bridgehead atoms. The zero-order valence-electron chi connectivity index (χ0n) is 12.6. The van der Waals surface area contributed by atoms with Gasteiger partial charge in [0.1, 0.15) is 6.61 Å². The van der Waals surface area contributed by atoms with Crippen LogP contribution in [0, 0.1) is 18.8 Å². The lowest BCUT2D eigenvalue weighted by molar-refractivity contribution is -0.00281. The number of aryl methyl sites for hydroxylation is 1. The molecule has 1 aromatic rings. The molecule has 4 nitrogen and oxygen atoms in total. The topological polar surface area (TPSA) is 49.8 Å². The molecule has 0 saturated carbocycles. The van der Waals surface area contributed by atoms with Crippen molar-refractivity contribution in [3.05, 3.63) is 34.9 Å². The first kappa shape index (κ1) is 15.6. The molecule has 1 aromatic carbocycles. The van der Waals surface area contributed by atoms with Gasteiger partial charge in [0.2, 0.25) is 0 Å². The average molecular weight is 287 g/mol. The van der Waals surface area contributed by atoms with Gasteiger partial charge in [-0.05, 0) is 25.5 Å². The summed E-state index contributed by atoms with van der Waals surface area (Å²) >= 11 is 0. The van der Waals surface area contributed by atoms with E-state index < -0.39 is 0 Å². The Bertz CT molecular complexity index is 571. The lowest BCUT2D eigenvalue weighted by Gasteiger charge is -2.35. The van der Waals surface area contributed by atoms with E-state index in [1.807, 2.05) is 30.0 Å². The van der Waals surface area contributed by atoms with Gasteiger partial charge in [0.15, 0.2) is 0 Å². The van der Waals surface area contributed by atoms with E-state index in [0.717, 1.165) is 12.0 Å². The fourth-order valence-electron chi connectivity index (χ4n) is 2.49. The summed E-state index contributed by atoms with van der Waals surface area (Å²) in [5, 5.41) is 8.86. The van der Waals surface area contributed by atoms with E-state index in [9.17, 15) is 4.79 Å². The normalized spacial score (nSPS) is 18.0. The number of nitrogens with zero attached hydrogens (tertiary/aromatic N) is 1. The highest BCUT2D eigenvalue weighted by molar-refractivity contribution is 5.97. The summed E-state index contributed by atoms with van der Waals surface area (Å²) in [5.74, 6) is 5.48. The molecule has 2 rings (SSSR count). The minimum atomic E-state index is -0.212. The van der Waals surface area contributed by atoms with E-state index in [4.69, 9.17) is 9.84 Å². The van der Waals surface area contributed by atoms with Gasteiger partial charge >= 0.3 is 0 Å². The number of carbonyl (C=O) groups is 1. The minimum absolute atomic E-state index is 0.00362.